The molecule has 2 rings (SSSR count). The van der Waals surface area contributed by atoms with Crippen LogP contribution in [-0.4, -0.2) is 31.1 Å². The van der Waals surface area contributed by atoms with Crippen LogP contribution in [0.1, 0.15) is 42.7 Å². The van der Waals surface area contributed by atoms with Crippen LogP contribution in [0.25, 0.3) is 0 Å². The summed E-state index contributed by atoms with van der Waals surface area (Å²) in [7, 11) is 0. The Hall–Kier alpha value is -1.98. The minimum atomic E-state index is -0.274. The van der Waals surface area contributed by atoms with Crippen molar-refractivity contribution in [2.75, 3.05) is 13.1 Å². The molecule has 0 atom stereocenters. The Bertz CT molecular complexity index is 425. The number of carbonyl (C=O) groups is 2. The smallest absolute Gasteiger partial charge is 0.315 e. The summed E-state index contributed by atoms with van der Waals surface area (Å²) in [6, 6.07) is 3.38. The molecule has 20 heavy (non-hydrogen) atoms. The molecule has 1 aromatic rings. The fourth-order valence-electron chi connectivity index (χ4n) is 2.33. The number of hydrogen-bond acceptors (Lipinski definition) is 3. The van der Waals surface area contributed by atoms with E-state index in [2.05, 4.69) is 16.0 Å². The molecule has 0 bridgehead atoms. The molecule has 0 spiro atoms. The molecule has 3 N–H and O–H groups in total. The molecule has 1 aromatic heterocycles. The van der Waals surface area contributed by atoms with Gasteiger partial charge in [-0.1, -0.05) is 19.3 Å². The second-order valence-electron chi connectivity index (χ2n) is 4.97. The average Bonchev–Trinajstić information content (AvgIpc) is 2.99. The van der Waals surface area contributed by atoms with Crippen LogP contribution in [0.15, 0.2) is 22.8 Å². The van der Waals surface area contributed by atoms with Crippen LogP contribution in [-0.2, 0) is 0 Å². The minimum Gasteiger partial charge on any atom is -0.459 e. The lowest BCUT2D eigenvalue weighted by molar-refractivity contribution is 0.0926. The summed E-state index contributed by atoms with van der Waals surface area (Å²) in [6.07, 6.45) is 7.20. The standard InChI is InChI=1S/C14H21N3O3/c18-13(12-7-4-10-20-12)15-8-9-16-14(19)17-11-5-2-1-3-6-11/h4,7,10-11H,1-3,5-6,8-9H2,(H,15,18)(H2,16,17,19). The van der Waals surface area contributed by atoms with E-state index >= 15 is 0 Å². The Balaban J connectivity index is 1.56. The van der Waals surface area contributed by atoms with Gasteiger partial charge in [0.05, 0.1) is 6.26 Å². The van der Waals surface area contributed by atoms with Crippen LogP contribution in [0.5, 0.6) is 0 Å². The van der Waals surface area contributed by atoms with E-state index in [0.717, 1.165) is 12.8 Å². The van der Waals surface area contributed by atoms with E-state index in [4.69, 9.17) is 4.42 Å². The van der Waals surface area contributed by atoms with E-state index < -0.39 is 0 Å². The molecule has 0 aliphatic heterocycles. The summed E-state index contributed by atoms with van der Waals surface area (Å²) >= 11 is 0. The third-order valence-electron chi connectivity index (χ3n) is 3.38. The Morgan fingerprint density at radius 3 is 2.60 bits per heavy atom. The second-order valence-corrected chi connectivity index (χ2v) is 4.97. The minimum absolute atomic E-state index is 0.163. The number of furan rings is 1. The van der Waals surface area contributed by atoms with Crippen molar-refractivity contribution in [2.45, 2.75) is 38.1 Å². The number of hydrogen-bond donors (Lipinski definition) is 3. The van der Waals surface area contributed by atoms with E-state index in [1.54, 1.807) is 12.1 Å². The van der Waals surface area contributed by atoms with Crippen molar-refractivity contribution in [3.8, 4) is 0 Å². The summed E-state index contributed by atoms with van der Waals surface area (Å²) in [5, 5.41) is 8.36. The van der Waals surface area contributed by atoms with Crippen LogP contribution in [0.2, 0.25) is 0 Å². The van der Waals surface area contributed by atoms with Gasteiger partial charge in [0.1, 0.15) is 0 Å². The summed E-state index contributed by atoms with van der Waals surface area (Å²) in [6.45, 7) is 0.766. The van der Waals surface area contributed by atoms with Crippen molar-refractivity contribution in [3.63, 3.8) is 0 Å². The zero-order valence-electron chi connectivity index (χ0n) is 11.5. The molecular formula is C14H21N3O3. The van der Waals surface area contributed by atoms with E-state index in [1.165, 1.54) is 25.5 Å². The molecule has 0 unspecified atom stereocenters. The summed E-state index contributed by atoms with van der Waals surface area (Å²) < 4.78 is 4.96. The lowest BCUT2D eigenvalue weighted by Crippen LogP contribution is -2.45. The maximum absolute atomic E-state index is 11.6. The molecule has 0 aromatic carbocycles. The molecule has 1 fully saturated rings. The van der Waals surface area contributed by atoms with Crippen molar-refractivity contribution >= 4 is 11.9 Å². The van der Waals surface area contributed by atoms with Crippen molar-refractivity contribution in [2.24, 2.45) is 0 Å². The van der Waals surface area contributed by atoms with Crippen LogP contribution in [0.4, 0.5) is 4.79 Å². The van der Waals surface area contributed by atoms with Gasteiger partial charge in [0.15, 0.2) is 5.76 Å². The number of urea groups is 1. The van der Waals surface area contributed by atoms with Gasteiger partial charge in [0.25, 0.3) is 5.91 Å². The van der Waals surface area contributed by atoms with Crippen LogP contribution in [0.3, 0.4) is 0 Å². The van der Waals surface area contributed by atoms with Crippen molar-refractivity contribution in [1.29, 1.82) is 0 Å². The largest absolute Gasteiger partial charge is 0.459 e. The van der Waals surface area contributed by atoms with Crippen molar-refractivity contribution < 1.29 is 14.0 Å². The van der Waals surface area contributed by atoms with Gasteiger partial charge in [-0.2, -0.15) is 0 Å². The van der Waals surface area contributed by atoms with Crippen LogP contribution >= 0.6 is 0 Å². The third-order valence-corrected chi connectivity index (χ3v) is 3.38. The van der Waals surface area contributed by atoms with Gasteiger partial charge in [0, 0.05) is 19.1 Å². The van der Waals surface area contributed by atoms with E-state index in [1.807, 2.05) is 0 Å². The number of nitrogens with one attached hydrogen (secondary N) is 3. The first-order valence-electron chi connectivity index (χ1n) is 7.12. The summed E-state index contributed by atoms with van der Waals surface area (Å²) in [5.41, 5.74) is 0. The molecule has 1 aliphatic carbocycles. The van der Waals surface area contributed by atoms with Gasteiger partial charge in [-0.3, -0.25) is 4.79 Å². The molecule has 0 saturated heterocycles. The van der Waals surface area contributed by atoms with Crippen LogP contribution in [0, 0.1) is 0 Å². The second kappa shape index (κ2) is 7.57. The van der Waals surface area contributed by atoms with Gasteiger partial charge in [-0.25, -0.2) is 4.79 Å². The molecule has 1 saturated carbocycles. The SMILES string of the molecule is O=C(NCCNC(=O)c1ccco1)NC1CCCCC1. The van der Waals surface area contributed by atoms with E-state index in [-0.39, 0.29) is 17.7 Å². The van der Waals surface area contributed by atoms with Crippen LogP contribution < -0.4 is 16.0 Å². The predicted octanol–water partition coefficient (Wildman–Crippen LogP) is 1.64. The van der Waals surface area contributed by atoms with Crippen molar-refractivity contribution in [1.82, 2.24) is 16.0 Å². The first kappa shape index (κ1) is 14.4. The predicted molar refractivity (Wildman–Crippen MR) is 74.4 cm³/mol. The van der Waals surface area contributed by atoms with Gasteiger partial charge >= 0.3 is 6.03 Å². The van der Waals surface area contributed by atoms with Gasteiger partial charge in [0.2, 0.25) is 0 Å². The maximum atomic E-state index is 11.6. The highest BCUT2D eigenvalue weighted by Gasteiger charge is 2.15. The van der Waals surface area contributed by atoms with Gasteiger partial charge in [-0.05, 0) is 25.0 Å². The highest BCUT2D eigenvalue weighted by atomic mass is 16.3. The first-order chi connectivity index (χ1) is 9.75. The number of carbonyl (C=O) groups excluding carboxylic acids is 2. The molecule has 6 heteroatoms. The fraction of sp³-hybridized carbons (Fsp3) is 0.571. The Labute approximate surface area is 118 Å². The summed E-state index contributed by atoms with van der Waals surface area (Å²) in [4.78, 5) is 23.2. The third kappa shape index (κ3) is 4.60. The summed E-state index contributed by atoms with van der Waals surface area (Å²) in [5.74, 6) is 0.00106. The lowest BCUT2D eigenvalue weighted by atomic mass is 9.96. The monoisotopic (exact) mass is 279 g/mol. The first-order valence-corrected chi connectivity index (χ1v) is 7.12. The quantitative estimate of drug-likeness (QED) is 0.716. The Morgan fingerprint density at radius 1 is 1.15 bits per heavy atom. The molecule has 6 nitrogen and oxygen atoms in total. The number of rotatable bonds is 5. The number of amides is 3. The highest BCUT2D eigenvalue weighted by Crippen LogP contribution is 2.16. The zero-order chi connectivity index (χ0) is 14.2. The van der Waals surface area contributed by atoms with Crippen molar-refractivity contribution in [3.05, 3.63) is 24.2 Å². The maximum Gasteiger partial charge on any atom is 0.315 e. The highest BCUT2D eigenvalue weighted by molar-refractivity contribution is 5.91. The zero-order valence-corrected chi connectivity index (χ0v) is 11.5. The Kier molecular flexibility index (Phi) is 5.46. The molecule has 3 amide bonds. The molecule has 0 radical (unpaired) electrons. The lowest BCUT2D eigenvalue weighted by Gasteiger charge is -2.22. The molecule has 1 aliphatic rings. The van der Waals surface area contributed by atoms with E-state index in [0.29, 0.717) is 19.1 Å². The fourth-order valence-corrected chi connectivity index (χ4v) is 2.33. The average molecular weight is 279 g/mol. The Morgan fingerprint density at radius 2 is 1.90 bits per heavy atom. The van der Waals surface area contributed by atoms with Gasteiger partial charge in [-0.15, -0.1) is 0 Å². The normalized spacial score (nSPS) is 15.6. The van der Waals surface area contributed by atoms with Gasteiger partial charge < -0.3 is 20.4 Å². The molecule has 110 valence electrons. The van der Waals surface area contributed by atoms with E-state index in [9.17, 15) is 9.59 Å². The molecule has 1 heterocycles. The molecular weight excluding hydrogens is 258 g/mol. The topological polar surface area (TPSA) is 83.4 Å².